The van der Waals surface area contributed by atoms with Crippen LogP contribution in [0.4, 0.5) is 5.69 Å². The van der Waals surface area contributed by atoms with Gasteiger partial charge in [0.05, 0.1) is 30.3 Å². The number of benzene rings is 2. The van der Waals surface area contributed by atoms with Crippen LogP contribution in [0.1, 0.15) is 22.3 Å². The summed E-state index contributed by atoms with van der Waals surface area (Å²) < 4.78 is 4.69. The van der Waals surface area contributed by atoms with Crippen molar-refractivity contribution in [3.63, 3.8) is 0 Å². The average Bonchev–Trinajstić information content (AvgIpc) is 3.03. The van der Waals surface area contributed by atoms with E-state index in [-0.39, 0.29) is 35.9 Å². The highest BCUT2D eigenvalue weighted by Gasteiger charge is 2.45. The number of Topliss-reactive ketones (excluding diaryl/α,β-unsaturated/α-hetero) is 1. The molecule has 0 saturated carbocycles. The number of ether oxygens (including phenoxy) is 1. The lowest BCUT2D eigenvalue weighted by Crippen LogP contribution is -2.28. The minimum Gasteiger partial charge on any atom is -0.469 e. The van der Waals surface area contributed by atoms with E-state index >= 15 is 0 Å². The minimum absolute atomic E-state index is 0.124. The number of esters is 1. The zero-order chi connectivity index (χ0) is 21.0. The number of hydrogen-bond donors (Lipinski definition) is 0. The average molecular weight is 396 g/mol. The molecule has 1 heterocycles. The molecule has 8 nitrogen and oxygen atoms in total. The van der Waals surface area contributed by atoms with Gasteiger partial charge in [-0.1, -0.05) is 30.3 Å². The topological polar surface area (TPSA) is 107 Å². The Balaban J connectivity index is 1.84. The number of carbonyl (C=O) groups excluding carboxylic acids is 3. The van der Waals surface area contributed by atoms with Gasteiger partial charge in [0.1, 0.15) is 0 Å². The molecule has 2 aromatic carbocycles. The van der Waals surface area contributed by atoms with E-state index in [1.54, 1.807) is 4.90 Å². The van der Waals surface area contributed by atoms with Crippen LogP contribution in [0, 0.1) is 22.0 Å². The number of ketones is 1. The van der Waals surface area contributed by atoms with E-state index in [2.05, 4.69) is 0 Å². The van der Waals surface area contributed by atoms with Gasteiger partial charge in [-0.05, 0) is 17.7 Å². The van der Waals surface area contributed by atoms with Crippen LogP contribution in [-0.4, -0.2) is 41.1 Å². The minimum atomic E-state index is -0.825. The number of hydrogen-bond acceptors (Lipinski definition) is 6. The zero-order valence-electron chi connectivity index (χ0n) is 15.8. The van der Waals surface area contributed by atoms with Crippen LogP contribution < -0.4 is 0 Å². The SMILES string of the molecule is COC(=O)C[C@@H]1C(=O)N(Cc2ccccc2)C[C@H]1C(=O)c1ccc([N+](=O)[O-])cc1. The Hall–Kier alpha value is -3.55. The molecule has 1 saturated heterocycles. The molecular formula is C21H20N2O6. The molecule has 1 aliphatic heterocycles. The summed E-state index contributed by atoms with van der Waals surface area (Å²) in [6.07, 6.45) is -0.190. The van der Waals surface area contributed by atoms with Crippen LogP contribution in [0.15, 0.2) is 54.6 Å². The van der Waals surface area contributed by atoms with Crippen molar-refractivity contribution in [1.29, 1.82) is 0 Å². The van der Waals surface area contributed by atoms with Gasteiger partial charge in [-0.3, -0.25) is 24.5 Å². The number of nitro groups is 1. The van der Waals surface area contributed by atoms with E-state index in [1.807, 2.05) is 30.3 Å². The molecule has 1 amide bonds. The molecule has 2 aromatic rings. The quantitative estimate of drug-likeness (QED) is 0.308. The van der Waals surface area contributed by atoms with Gasteiger partial charge in [0.25, 0.3) is 5.69 Å². The van der Waals surface area contributed by atoms with Gasteiger partial charge in [0, 0.05) is 30.8 Å². The molecule has 2 atom stereocenters. The number of amides is 1. The van der Waals surface area contributed by atoms with E-state index in [9.17, 15) is 24.5 Å². The number of non-ortho nitro benzene ring substituents is 1. The smallest absolute Gasteiger partial charge is 0.306 e. The Kier molecular flexibility index (Phi) is 6.01. The Morgan fingerprint density at radius 3 is 2.38 bits per heavy atom. The Labute approximate surface area is 167 Å². The highest BCUT2D eigenvalue weighted by Crippen LogP contribution is 2.32. The fraction of sp³-hybridized carbons (Fsp3) is 0.286. The third-order valence-electron chi connectivity index (χ3n) is 5.06. The summed E-state index contributed by atoms with van der Waals surface area (Å²) in [5.74, 6) is -2.72. The summed E-state index contributed by atoms with van der Waals surface area (Å²) in [7, 11) is 1.23. The molecular weight excluding hydrogens is 376 g/mol. The van der Waals surface area contributed by atoms with Gasteiger partial charge in [-0.2, -0.15) is 0 Å². The van der Waals surface area contributed by atoms with Crippen LogP contribution in [0.2, 0.25) is 0 Å². The molecule has 0 spiro atoms. The second-order valence-electron chi connectivity index (χ2n) is 6.87. The molecule has 0 unspecified atom stereocenters. The highest BCUT2D eigenvalue weighted by molar-refractivity contribution is 6.03. The summed E-state index contributed by atoms with van der Waals surface area (Å²) in [6.45, 7) is 0.507. The second-order valence-corrected chi connectivity index (χ2v) is 6.87. The molecule has 0 aliphatic carbocycles. The first-order valence-electron chi connectivity index (χ1n) is 9.09. The summed E-state index contributed by atoms with van der Waals surface area (Å²) >= 11 is 0. The van der Waals surface area contributed by atoms with Crippen molar-refractivity contribution in [1.82, 2.24) is 4.90 Å². The van der Waals surface area contributed by atoms with Crippen LogP contribution in [-0.2, 0) is 20.9 Å². The molecule has 0 radical (unpaired) electrons. The van der Waals surface area contributed by atoms with Crippen LogP contribution in [0.3, 0.4) is 0 Å². The van der Waals surface area contributed by atoms with E-state index in [1.165, 1.54) is 31.4 Å². The van der Waals surface area contributed by atoms with Gasteiger partial charge in [-0.15, -0.1) is 0 Å². The standard InChI is InChI=1S/C21H20N2O6/c1-29-19(24)11-17-18(20(25)15-7-9-16(10-8-15)23(27)28)13-22(21(17)26)12-14-5-3-2-4-6-14/h2-10,17-18H,11-13H2,1H3/t17-,18+/m0/s1. The Morgan fingerprint density at radius 2 is 1.79 bits per heavy atom. The molecule has 8 heteroatoms. The summed E-state index contributed by atoms with van der Waals surface area (Å²) in [4.78, 5) is 49.6. The first kappa shape index (κ1) is 20.2. The third kappa shape index (κ3) is 4.48. The first-order chi connectivity index (χ1) is 13.9. The first-order valence-corrected chi connectivity index (χ1v) is 9.09. The van der Waals surface area contributed by atoms with Crippen LogP contribution in [0.5, 0.6) is 0 Å². The lowest BCUT2D eigenvalue weighted by molar-refractivity contribution is -0.384. The lowest BCUT2D eigenvalue weighted by atomic mass is 9.86. The van der Waals surface area contributed by atoms with Gasteiger partial charge in [0.2, 0.25) is 5.91 Å². The molecule has 0 bridgehead atoms. The third-order valence-corrected chi connectivity index (χ3v) is 5.06. The van der Waals surface area contributed by atoms with E-state index < -0.39 is 22.7 Å². The largest absolute Gasteiger partial charge is 0.469 e. The van der Waals surface area contributed by atoms with Crippen molar-refractivity contribution in [2.24, 2.45) is 11.8 Å². The van der Waals surface area contributed by atoms with Gasteiger partial charge in [0.15, 0.2) is 5.78 Å². The number of carbonyl (C=O) groups is 3. The lowest BCUT2D eigenvalue weighted by Gasteiger charge is -2.16. The normalized spacial score (nSPS) is 18.5. The Bertz CT molecular complexity index is 926. The summed E-state index contributed by atoms with van der Waals surface area (Å²) in [5, 5.41) is 10.8. The maximum Gasteiger partial charge on any atom is 0.306 e. The van der Waals surface area contributed by atoms with E-state index in [0.717, 1.165) is 5.56 Å². The Morgan fingerprint density at radius 1 is 1.14 bits per heavy atom. The number of nitro benzene ring substituents is 1. The second kappa shape index (κ2) is 8.64. The number of methoxy groups -OCH3 is 1. The molecule has 3 rings (SSSR count). The fourth-order valence-electron chi connectivity index (χ4n) is 3.53. The van der Waals surface area contributed by atoms with Gasteiger partial charge >= 0.3 is 5.97 Å². The molecule has 1 fully saturated rings. The summed E-state index contributed by atoms with van der Waals surface area (Å²) in [6, 6.07) is 14.6. The molecule has 150 valence electrons. The fourth-order valence-corrected chi connectivity index (χ4v) is 3.53. The van der Waals surface area contributed by atoms with Crippen molar-refractivity contribution in [3.05, 3.63) is 75.8 Å². The maximum atomic E-state index is 13.1. The zero-order valence-corrected chi connectivity index (χ0v) is 15.8. The molecule has 1 aliphatic rings. The van der Waals surface area contributed by atoms with Crippen LogP contribution in [0.25, 0.3) is 0 Å². The van der Waals surface area contributed by atoms with E-state index in [0.29, 0.717) is 6.54 Å². The summed E-state index contributed by atoms with van der Waals surface area (Å²) in [5.41, 5.74) is 1.06. The molecule has 0 N–H and O–H groups in total. The van der Waals surface area contributed by atoms with Crippen molar-refractivity contribution in [2.45, 2.75) is 13.0 Å². The van der Waals surface area contributed by atoms with E-state index in [4.69, 9.17) is 4.74 Å². The maximum absolute atomic E-state index is 13.1. The number of rotatable bonds is 7. The van der Waals surface area contributed by atoms with Crippen molar-refractivity contribution < 1.29 is 24.0 Å². The van der Waals surface area contributed by atoms with Crippen molar-refractivity contribution in [2.75, 3.05) is 13.7 Å². The highest BCUT2D eigenvalue weighted by atomic mass is 16.6. The molecule has 0 aromatic heterocycles. The van der Waals surface area contributed by atoms with Gasteiger partial charge in [-0.25, -0.2) is 0 Å². The predicted octanol–water partition coefficient (Wildman–Crippen LogP) is 2.62. The van der Waals surface area contributed by atoms with Crippen LogP contribution >= 0.6 is 0 Å². The van der Waals surface area contributed by atoms with Gasteiger partial charge < -0.3 is 9.64 Å². The molecule has 29 heavy (non-hydrogen) atoms. The monoisotopic (exact) mass is 396 g/mol. The number of likely N-dealkylation sites (tertiary alicyclic amines) is 1. The number of nitrogens with zero attached hydrogens (tertiary/aromatic N) is 2. The van der Waals surface area contributed by atoms with Crippen molar-refractivity contribution in [3.8, 4) is 0 Å². The predicted molar refractivity (Wildman–Crippen MR) is 103 cm³/mol. The van der Waals surface area contributed by atoms with Crippen molar-refractivity contribution >= 4 is 23.3 Å².